The molecule has 0 aromatic heterocycles. The first-order chi connectivity index (χ1) is 7.37. The Morgan fingerprint density at radius 1 is 1.25 bits per heavy atom. The number of rotatable bonds is 7. The Hall–Kier alpha value is -0.210. The topological polar surface area (TPSA) is 113 Å². The molecule has 0 heterocycles. The average Bonchev–Trinajstić information content (AvgIpc) is 2.18. The number of nitrogens with two attached hydrogens (primary N) is 1. The van der Waals surface area contributed by atoms with Crippen molar-refractivity contribution in [2.24, 2.45) is 5.73 Å². The van der Waals surface area contributed by atoms with E-state index in [2.05, 4.69) is 0 Å². The Balaban J connectivity index is 0. The van der Waals surface area contributed by atoms with Gasteiger partial charge in [0.2, 0.25) is 0 Å². The Labute approximate surface area is 97.9 Å². The van der Waals surface area contributed by atoms with Gasteiger partial charge in [-0.25, -0.2) is 0 Å². The molecule has 0 aliphatic heterocycles. The summed E-state index contributed by atoms with van der Waals surface area (Å²) in [4.78, 5) is 0. The predicted molar refractivity (Wildman–Crippen MR) is 63.7 cm³/mol. The van der Waals surface area contributed by atoms with Crippen LogP contribution in [0.25, 0.3) is 0 Å². The highest BCUT2D eigenvalue weighted by molar-refractivity contribution is 7.85. The van der Waals surface area contributed by atoms with Crippen LogP contribution in [0.15, 0.2) is 0 Å². The van der Waals surface area contributed by atoms with Crippen molar-refractivity contribution in [2.75, 3.05) is 5.75 Å². The lowest BCUT2D eigenvalue weighted by atomic mass is 10.3. The number of hydrogen-bond acceptors (Lipinski definition) is 5. The van der Waals surface area contributed by atoms with Crippen molar-refractivity contribution < 1.29 is 18.2 Å². The maximum atomic E-state index is 10.1. The van der Waals surface area contributed by atoms with Gasteiger partial charge in [-0.1, -0.05) is 33.1 Å². The molecular weight excluding hydrogens is 232 g/mol. The molecule has 0 aliphatic carbocycles. The molecule has 1 atom stereocenters. The van der Waals surface area contributed by atoms with Gasteiger partial charge in [0.15, 0.2) is 0 Å². The minimum absolute atomic E-state index is 0.0964. The van der Waals surface area contributed by atoms with Gasteiger partial charge in [-0.3, -0.25) is 4.55 Å². The van der Waals surface area contributed by atoms with E-state index >= 15 is 0 Å². The summed E-state index contributed by atoms with van der Waals surface area (Å²) in [7, 11) is -3.70. The third-order valence-corrected chi connectivity index (χ3v) is 2.58. The molecule has 0 bridgehead atoms. The molecule has 0 saturated heterocycles. The highest BCUT2D eigenvalue weighted by Gasteiger charge is 2.01. The number of unbranched alkanes of at least 4 members (excludes halogenated alkanes) is 2. The minimum atomic E-state index is -3.70. The van der Waals surface area contributed by atoms with Crippen LogP contribution in [0.5, 0.6) is 0 Å². The van der Waals surface area contributed by atoms with Crippen LogP contribution < -0.4 is 11.2 Å². The van der Waals surface area contributed by atoms with Gasteiger partial charge in [-0.15, -0.1) is 0 Å². The standard InChI is InChI=1S/C5H12O3S.C4H12N2O/c1-2-3-4-5-9(6,7)8;1-2-3-4(5)6-7/h2-5H2,1H3,(H,6,7,8);4,6-7H,2-3,5H2,1H3. The van der Waals surface area contributed by atoms with E-state index in [1.807, 2.05) is 19.3 Å². The molecule has 0 aromatic carbocycles. The molecule has 0 radical (unpaired) electrons. The highest BCUT2D eigenvalue weighted by atomic mass is 32.2. The molecule has 0 spiro atoms. The summed E-state index contributed by atoms with van der Waals surface area (Å²) < 4.78 is 28.3. The first-order valence-electron chi connectivity index (χ1n) is 5.47. The minimum Gasteiger partial charge on any atom is -0.315 e. The molecule has 0 saturated carbocycles. The fraction of sp³-hybridized carbons (Fsp3) is 1.00. The summed E-state index contributed by atoms with van der Waals surface area (Å²) in [6.45, 7) is 3.99. The van der Waals surface area contributed by atoms with E-state index in [-0.39, 0.29) is 11.9 Å². The van der Waals surface area contributed by atoms with Crippen molar-refractivity contribution in [1.29, 1.82) is 0 Å². The first-order valence-corrected chi connectivity index (χ1v) is 7.08. The second-order valence-corrected chi connectivity index (χ2v) is 5.09. The summed E-state index contributed by atoms with van der Waals surface area (Å²) >= 11 is 0. The molecular formula is C9H24N2O4S. The molecule has 100 valence electrons. The van der Waals surface area contributed by atoms with Gasteiger partial charge in [0.25, 0.3) is 10.1 Å². The molecule has 1 unspecified atom stereocenters. The fourth-order valence-corrected chi connectivity index (χ4v) is 1.48. The monoisotopic (exact) mass is 256 g/mol. The predicted octanol–water partition coefficient (Wildman–Crippen LogP) is 1.11. The lowest BCUT2D eigenvalue weighted by Gasteiger charge is -2.04. The zero-order chi connectivity index (χ0) is 13.0. The van der Waals surface area contributed by atoms with Crippen LogP contribution in [0.3, 0.4) is 0 Å². The van der Waals surface area contributed by atoms with Gasteiger partial charge < -0.3 is 10.9 Å². The summed E-state index contributed by atoms with van der Waals surface area (Å²) in [6.07, 6.45) is 3.96. The molecule has 5 N–H and O–H groups in total. The zero-order valence-corrected chi connectivity index (χ0v) is 10.8. The van der Waals surface area contributed by atoms with Crippen molar-refractivity contribution >= 4 is 10.1 Å². The molecule has 16 heavy (non-hydrogen) atoms. The summed E-state index contributed by atoms with van der Waals surface area (Å²) in [6, 6.07) is 0. The molecule has 0 rings (SSSR count). The molecule has 7 heteroatoms. The van der Waals surface area contributed by atoms with Crippen LogP contribution in [0.2, 0.25) is 0 Å². The number of hydroxylamine groups is 1. The Bertz CT molecular complexity index is 232. The van der Waals surface area contributed by atoms with Crippen LogP contribution in [-0.4, -0.2) is 30.1 Å². The van der Waals surface area contributed by atoms with E-state index in [9.17, 15) is 8.42 Å². The SMILES string of the molecule is CCCC(N)NO.CCCCCS(=O)(=O)O. The van der Waals surface area contributed by atoms with Gasteiger partial charge in [0.1, 0.15) is 0 Å². The van der Waals surface area contributed by atoms with E-state index in [0.717, 1.165) is 25.7 Å². The Morgan fingerprint density at radius 3 is 2.06 bits per heavy atom. The normalized spacial score (nSPS) is 12.8. The van der Waals surface area contributed by atoms with Crippen molar-refractivity contribution in [3.8, 4) is 0 Å². The zero-order valence-electron chi connectivity index (χ0n) is 10.0. The van der Waals surface area contributed by atoms with Gasteiger partial charge in [-0.05, 0) is 12.8 Å². The van der Waals surface area contributed by atoms with E-state index in [0.29, 0.717) is 6.42 Å². The van der Waals surface area contributed by atoms with E-state index in [4.69, 9.17) is 15.5 Å². The van der Waals surface area contributed by atoms with Crippen molar-refractivity contribution in [3.63, 3.8) is 0 Å². The quantitative estimate of drug-likeness (QED) is 0.235. The van der Waals surface area contributed by atoms with E-state index in [1.54, 1.807) is 0 Å². The van der Waals surface area contributed by atoms with Gasteiger partial charge in [0.05, 0.1) is 11.9 Å². The lowest BCUT2D eigenvalue weighted by molar-refractivity contribution is 0.124. The maximum Gasteiger partial charge on any atom is 0.264 e. The maximum absolute atomic E-state index is 10.1. The Morgan fingerprint density at radius 2 is 1.81 bits per heavy atom. The second-order valence-electron chi connectivity index (χ2n) is 3.52. The first kappa shape index (κ1) is 18.2. The lowest BCUT2D eigenvalue weighted by Crippen LogP contribution is -2.34. The molecule has 0 aromatic rings. The summed E-state index contributed by atoms with van der Waals surface area (Å²) in [5.74, 6) is -0.0964. The van der Waals surface area contributed by atoms with E-state index in [1.165, 1.54) is 0 Å². The fourth-order valence-electron chi connectivity index (χ4n) is 0.910. The molecule has 0 aliphatic rings. The van der Waals surface area contributed by atoms with Crippen molar-refractivity contribution in [3.05, 3.63) is 0 Å². The molecule has 0 fully saturated rings. The van der Waals surface area contributed by atoms with Crippen LogP contribution in [0.1, 0.15) is 46.0 Å². The highest BCUT2D eigenvalue weighted by Crippen LogP contribution is 1.96. The summed E-state index contributed by atoms with van der Waals surface area (Å²) in [5.41, 5.74) is 7.17. The summed E-state index contributed by atoms with van der Waals surface area (Å²) in [5, 5.41) is 8.09. The number of hydrogen-bond donors (Lipinski definition) is 4. The Kier molecular flexibility index (Phi) is 12.8. The van der Waals surface area contributed by atoms with Gasteiger partial charge in [-0.2, -0.15) is 13.9 Å². The number of nitrogens with one attached hydrogen (secondary N) is 1. The van der Waals surface area contributed by atoms with Crippen LogP contribution in [0.4, 0.5) is 0 Å². The molecule has 0 amide bonds. The van der Waals surface area contributed by atoms with Gasteiger partial charge in [0, 0.05) is 0 Å². The average molecular weight is 256 g/mol. The second kappa shape index (κ2) is 11.3. The van der Waals surface area contributed by atoms with Crippen LogP contribution in [0, 0.1) is 0 Å². The molecule has 6 nitrogen and oxygen atoms in total. The van der Waals surface area contributed by atoms with Crippen molar-refractivity contribution in [1.82, 2.24) is 5.48 Å². The van der Waals surface area contributed by atoms with Crippen LogP contribution >= 0.6 is 0 Å². The van der Waals surface area contributed by atoms with Gasteiger partial charge >= 0.3 is 0 Å². The van der Waals surface area contributed by atoms with Crippen molar-refractivity contribution in [2.45, 2.75) is 52.1 Å². The third-order valence-electron chi connectivity index (χ3n) is 1.77. The van der Waals surface area contributed by atoms with Crippen LogP contribution in [-0.2, 0) is 10.1 Å². The smallest absolute Gasteiger partial charge is 0.264 e. The third kappa shape index (κ3) is 19.4. The van der Waals surface area contributed by atoms with E-state index < -0.39 is 10.1 Å². The largest absolute Gasteiger partial charge is 0.315 e.